The summed E-state index contributed by atoms with van der Waals surface area (Å²) < 4.78 is 0. The second-order valence-corrected chi connectivity index (χ2v) is 6.64. The van der Waals surface area contributed by atoms with E-state index in [0.717, 1.165) is 12.8 Å². The van der Waals surface area contributed by atoms with Gasteiger partial charge in [-0.25, -0.2) is 0 Å². The van der Waals surface area contributed by atoms with Crippen LogP contribution in [0.4, 0.5) is 0 Å². The molecular formula is C25H22. The predicted octanol–water partition coefficient (Wildman–Crippen LogP) is 6.54. The molecule has 0 amide bonds. The molecule has 0 aromatic heterocycles. The lowest BCUT2D eigenvalue weighted by Crippen LogP contribution is -1.97. The Labute approximate surface area is 150 Å². The summed E-state index contributed by atoms with van der Waals surface area (Å²) in [5, 5.41) is 0. The van der Waals surface area contributed by atoms with E-state index in [-0.39, 0.29) is 0 Å². The molecule has 122 valence electrons. The number of allylic oxidation sites excluding steroid dienone is 4. The molecule has 0 nitrogen and oxygen atoms in total. The van der Waals surface area contributed by atoms with Crippen molar-refractivity contribution in [2.75, 3.05) is 0 Å². The highest BCUT2D eigenvalue weighted by atomic mass is 14.1. The van der Waals surface area contributed by atoms with Crippen molar-refractivity contribution < 1.29 is 0 Å². The van der Waals surface area contributed by atoms with Crippen LogP contribution in [-0.4, -0.2) is 0 Å². The van der Waals surface area contributed by atoms with Gasteiger partial charge in [0.25, 0.3) is 0 Å². The van der Waals surface area contributed by atoms with Crippen molar-refractivity contribution in [1.82, 2.24) is 0 Å². The van der Waals surface area contributed by atoms with Gasteiger partial charge >= 0.3 is 0 Å². The minimum absolute atomic E-state index is 0.532. The molecule has 0 radical (unpaired) electrons. The van der Waals surface area contributed by atoms with Gasteiger partial charge in [0.05, 0.1) is 0 Å². The topological polar surface area (TPSA) is 0 Å². The fourth-order valence-electron chi connectivity index (χ4n) is 3.39. The summed E-state index contributed by atoms with van der Waals surface area (Å²) in [5.41, 5.74) is 6.67. The van der Waals surface area contributed by atoms with Crippen molar-refractivity contribution in [2.24, 2.45) is 0 Å². The van der Waals surface area contributed by atoms with Gasteiger partial charge in [0, 0.05) is 5.92 Å². The minimum atomic E-state index is 0.532. The number of hydrogen-bond donors (Lipinski definition) is 0. The van der Waals surface area contributed by atoms with Gasteiger partial charge in [-0.05, 0) is 40.7 Å². The highest BCUT2D eigenvalue weighted by Gasteiger charge is 2.08. The third-order valence-corrected chi connectivity index (χ3v) is 4.86. The number of rotatable bonds is 4. The smallest absolute Gasteiger partial charge is 0.00557 e. The van der Waals surface area contributed by atoms with Crippen LogP contribution in [0.2, 0.25) is 0 Å². The van der Waals surface area contributed by atoms with Crippen LogP contribution < -0.4 is 0 Å². The van der Waals surface area contributed by atoms with Gasteiger partial charge in [0.2, 0.25) is 0 Å². The van der Waals surface area contributed by atoms with Crippen molar-refractivity contribution in [3.8, 4) is 11.1 Å². The zero-order chi connectivity index (χ0) is 16.9. The van der Waals surface area contributed by atoms with Crippen molar-refractivity contribution in [3.05, 3.63) is 120 Å². The normalized spacial score (nSPS) is 16.1. The van der Waals surface area contributed by atoms with Crippen molar-refractivity contribution in [2.45, 2.75) is 18.8 Å². The van der Waals surface area contributed by atoms with Crippen LogP contribution in [0.15, 0.2) is 103 Å². The first-order valence-corrected chi connectivity index (χ1v) is 8.95. The molecule has 0 heteroatoms. The zero-order valence-corrected chi connectivity index (χ0v) is 14.3. The van der Waals surface area contributed by atoms with E-state index in [1.54, 1.807) is 0 Å². The molecule has 0 aliphatic heterocycles. The lowest BCUT2D eigenvalue weighted by molar-refractivity contribution is 0.852. The lowest BCUT2D eigenvalue weighted by Gasteiger charge is -2.14. The van der Waals surface area contributed by atoms with E-state index in [9.17, 15) is 0 Å². The maximum atomic E-state index is 2.29. The monoisotopic (exact) mass is 322 g/mol. The van der Waals surface area contributed by atoms with Gasteiger partial charge in [-0.2, -0.15) is 0 Å². The van der Waals surface area contributed by atoms with Crippen molar-refractivity contribution in [1.29, 1.82) is 0 Å². The summed E-state index contributed by atoms with van der Waals surface area (Å²) in [4.78, 5) is 0. The molecule has 0 heterocycles. The SMILES string of the molecule is C1=CCC(c2ccc(Cc3ccc(-c4ccccc4)cc3)cc2)C=C1. The molecular weight excluding hydrogens is 300 g/mol. The standard InChI is InChI=1S/C25H22/c1-3-7-22(8-4-1)24-15-11-20(12-16-24)19-21-13-17-25(18-14-21)23-9-5-2-6-10-23/h1-9,11-18,23H,10,19H2. The van der Waals surface area contributed by atoms with Crippen molar-refractivity contribution in [3.63, 3.8) is 0 Å². The summed E-state index contributed by atoms with van der Waals surface area (Å²) in [5.74, 6) is 0.532. The second-order valence-electron chi connectivity index (χ2n) is 6.64. The molecule has 1 aliphatic rings. The second kappa shape index (κ2) is 7.36. The maximum Gasteiger partial charge on any atom is 0.00557 e. The summed E-state index contributed by atoms with van der Waals surface area (Å²) in [7, 11) is 0. The molecule has 0 spiro atoms. The molecule has 1 unspecified atom stereocenters. The first kappa shape index (κ1) is 15.7. The average molecular weight is 322 g/mol. The van der Waals surface area contributed by atoms with Gasteiger partial charge in [-0.1, -0.05) is 103 Å². The maximum absolute atomic E-state index is 2.29. The van der Waals surface area contributed by atoms with Crippen LogP contribution in [0.25, 0.3) is 11.1 Å². The van der Waals surface area contributed by atoms with Crippen LogP contribution in [0.3, 0.4) is 0 Å². The molecule has 0 saturated carbocycles. The van der Waals surface area contributed by atoms with E-state index >= 15 is 0 Å². The summed E-state index contributed by atoms with van der Waals surface area (Å²) in [6.07, 6.45) is 10.9. The number of hydrogen-bond acceptors (Lipinski definition) is 0. The highest BCUT2D eigenvalue weighted by Crippen LogP contribution is 2.25. The van der Waals surface area contributed by atoms with Crippen LogP contribution in [0, 0.1) is 0 Å². The van der Waals surface area contributed by atoms with E-state index < -0.39 is 0 Å². The molecule has 1 atom stereocenters. The van der Waals surface area contributed by atoms with Gasteiger partial charge in [0.15, 0.2) is 0 Å². The van der Waals surface area contributed by atoms with Crippen LogP contribution in [0.1, 0.15) is 29.0 Å². The molecule has 3 aromatic rings. The Morgan fingerprint density at radius 1 is 0.640 bits per heavy atom. The highest BCUT2D eigenvalue weighted by molar-refractivity contribution is 5.63. The Kier molecular flexibility index (Phi) is 4.61. The zero-order valence-electron chi connectivity index (χ0n) is 14.3. The van der Waals surface area contributed by atoms with Gasteiger partial charge in [-0.3, -0.25) is 0 Å². The van der Waals surface area contributed by atoms with E-state index in [4.69, 9.17) is 0 Å². The summed E-state index contributed by atoms with van der Waals surface area (Å²) in [6.45, 7) is 0. The average Bonchev–Trinajstić information content (AvgIpc) is 2.71. The fraction of sp³-hybridized carbons (Fsp3) is 0.120. The predicted molar refractivity (Wildman–Crippen MR) is 107 cm³/mol. The Morgan fingerprint density at radius 2 is 1.28 bits per heavy atom. The Morgan fingerprint density at radius 3 is 1.92 bits per heavy atom. The first-order valence-electron chi connectivity index (χ1n) is 8.95. The quantitative estimate of drug-likeness (QED) is 0.511. The lowest BCUT2D eigenvalue weighted by atomic mass is 9.91. The van der Waals surface area contributed by atoms with Crippen LogP contribution in [-0.2, 0) is 6.42 Å². The Balaban J connectivity index is 1.45. The third-order valence-electron chi connectivity index (χ3n) is 4.86. The third kappa shape index (κ3) is 3.80. The molecule has 3 aromatic carbocycles. The Bertz CT molecular complexity index is 866. The van der Waals surface area contributed by atoms with Crippen LogP contribution >= 0.6 is 0 Å². The van der Waals surface area contributed by atoms with Crippen molar-refractivity contribution >= 4 is 0 Å². The van der Waals surface area contributed by atoms with E-state index in [1.807, 2.05) is 0 Å². The molecule has 25 heavy (non-hydrogen) atoms. The summed E-state index contributed by atoms with van der Waals surface area (Å²) in [6, 6.07) is 28.6. The molecule has 4 rings (SSSR count). The van der Waals surface area contributed by atoms with Gasteiger partial charge < -0.3 is 0 Å². The van der Waals surface area contributed by atoms with Gasteiger partial charge in [0.1, 0.15) is 0 Å². The van der Waals surface area contributed by atoms with E-state index in [0.29, 0.717) is 5.92 Å². The van der Waals surface area contributed by atoms with Crippen LogP contribution in [0.5, 0.6) is 0 Å². The van der Waals surface area contributed by atoms with E-state index in [2.05, 4.69) is 103 Å². The molecule has 0 saturated heterocycles. The largest absolute Gasteiger partial charge is 0.0836 e. The van der Waals surface area contributed by atoms with E-state index in [1.165, 1.54) is 27.8 Å². The fourth-order valence-corrected chi connectivity index (χ4v) is 3.39. The molecule has 0 fully saturated rings. The molecule has 0 bridgehead atoms. The first-order chi connectivity index (χ1) is 12.4. The summed E-state index contributed by atoms with van der Waals surface area (Å²) >= 11 is 0. The molecule has 1 aliphatic carbocycles. The number of benzene rings is 3. The minimum Gasteiger partial charge on any atom is -0.0836 e. The Hall–Kier alpha value is -2.86. The molecule has 0 N–H and O–H groups in total. The van der Waals surface area contributed by atoms with Gasteiger partial charge in [-0.15, -0.1) is 0 Å².